The van der Waals surface area contributed by atoms with Crippen LogP contribution in [0, 0.1) is 13.8 Å². The molecule has 0 aliphatic carbocycles. The first-order chi connectivity index (χ1) is 17.0. The molecule has 2 aromatic carbocycles. The highest BCUT2D eigenvalue weighted by Gasteiger charge is 2.25. The van der Waals surface area contributed by atoms with Gasteiger partial charge in [0.25, 0.3) is 5.91 Å². The topological polar surface area (TPSA) is 79.1 Å². The Morgan fingerprint density at radius 1 is 0.971 bits per heavy atom. The summed E-state index contributed by atoms with van der Waals surface area (Å²) in [5.74, 6) is 0.378. The van der Waals surface area contributed by atoms with E-state index in [9.17, 15) is 9.59 Å². The fourth-order valence-electron chi connectivity index (χ4n) is 4.17. The third-order valence-corrected chi connectivity index (χ3v) is 6.28. The lowest BCUT2D eigenvalue weighted by molar-refractivity contribution is -0.135. The molecular weight excluding hydrogens is 444 g/mol. The van der Waals surface area contributed by atoms with Crippen molar-refractivity contribution in [2.75, 3.05) is 39.5 Å². The maximum atomic E-state index is 13.2. The number of nitrogens with zero attached hydrogens (tertiary/aromatic N) is 4. The van der Waals surface area contributed by atoms with Gasteiger partial charge in [-0.3, -0.25) is 14.5 Å². The Hall–Kier alpha value is -3.49. The van der Waals surface area contributed by atoms with Crippen molar-refractivity contribution in [1.29, 1.82) is 0 Å². The van der Waals surface area contributed by atoms with Crippen molar-refractivity contribution >= 4 is 11.8 Å². The minimum atomic E-state index is -0.236. The molecule has 0 radical (unpaired) electrons. The summed E-state index contributed by atoms with van der Waals surface area (Å²) in [7, 11) is 0. The zero-order valence-electron chi connectivity index (χ0n) is 20.4. The van der Waals surface area contributed by atoms with Crippen LogP contribution in [0.3, 0.4) is 0 Å². The zero-order valence-corrected chi connectivity index (χ0v) is 20.4. The third-order valence-electron chi connectivity index (χ3n) is 6.28. The van der Waals surface area contributed by atoms with Gasteiger partial charge in [-0.25, -0.2) is 0 Å². The van der Waals surface area contributed by atoms with Gasteiger partial charge in [-0.15, -0.1) is 0 Å². The maximum Gasteiger partial charge on any atom is 0.256 e. The summed E-state index contributed by atoms with van der Waals surface area (Å²) in [5.41, 5.74) is 3.40. The molecular formula is C27H32N4O4. The second kappa shape index (κ2) is 11.8. The monoisotopic (exact) mass is 476 g/mol. The van der Waals surface area contributed by atoms with Crippen molar-refractivity contribution < 1.29 is 18.8 Å². The normalized spacial score (nSPS) is 14.2. The summed E-state index contributed by atoms with van der Waals surface area (Å²) in [4.78, 5) is 32.0. The molecule has 2 heterocycles. The SMILES string of the molecule is Cc1noc(C)c1COCN(CC(=O)N1CCN(Cc2ccccc2)CC1)C(=O)c1ccccc1. The molecule has 0 N–H and O–H groups in total. The van der Waals surface area contributed by atoms with Crippen molar-refractivity contribution in [2.24, 2.45) is 0 Å². The molecule has 8 nitrogen and oxygen atoms in total. The second-order valence-corrected chi connectivity index (χ2v) is 8.79. The summed E-state index contributed by atoms with van der Waals surface area (Å²) in [6.45, 7) is 7.65. The molecule has 0 spiro atoms. The van der Waals surface area contributed by atoms with Gasteiger partial charge in [0, 0.05) is 43.9 Å². The number of carbonyl (C=O) groups excluding carboxylic acids is 2. The number of aryl methyl sites for hydroxylation is 2. The van der Waals surface area contributed by atoms with Crippen molar-refractivity contribution in [2.45, 2.75) is 27.0 Å². The van der Waals surface area contributed by atoms with Crippen LogP contribution in [-0.4, -0.2) is 71.1 Å². The van der Waals surface area contributed by atoms with Crippen molar-refractivity contribution in [3.63, 3.8) is 0 Å². The fraction of sp³-hybridized carbons (Fsp3) is 0.370. The summed E-state index contributed by atoms with van der Waals surface area (Å²) < 4.78 is 11.0. The quantitative estimate of drug-likeness (QED) is 0.441. The van der Waals surface area contributed by atoms with E-state index >= 15 is 0 Å². The van der Waals surface area contributed by atoms with E-state index in [4.69, 9.17) is 9.26 Å². The Labute approximate surface area is 206 Å². The predicted octanol–water partition coefficient (Wildman–Crippen LogP) is 3.25. The molecule has 1 aliphatic heterocycles. The van der Waals surface area contributed by atoms with Gasteiger partial charge in [0.1, 0.15) is 19.0 Å². The predicted molar refractivity (Wildman–Crippen MR) is 131 cm³/mol. The summed E-state index contributed by atoms with van der Waals surface area (Å²) >= 11 is 0. The smallest absolute Gasteiger partial charge is 0.256 e. The largest absolute Gasteiger partial charge is 0.361 e. The fourth-order valence-corrected chi connectivity index (χ4v) is 4.17. The van der Waals surface area contributed by atoms with Gasteiger partial charge >= 0.3 is 0 Å². The van der Waals surface area contributed by atoms with Crippen LogP contribution in [0.5, 0.6) is 0 Å². The number of hydrogen-bond donors (Lipinski definition) is 0. The average molecular weight is 477 g/mol. The number of piperazine rings is 1. The average Bonchev–Trinajstić information content (AvgIpc) is 3.21. The summed E-state index contributed by atoms with van der Waals surface area (Å²) in [6.07, 6.45) is 0. The van der Waals surface area contributed by atoms with Gasteiger partial charge < -0.3 is 19.1 Å². The Kier molecular flexibility index (Phi) is 8.28. The van der Waals surface area contributed by atoms with Crippen molar-refractivity contribution in [1.82, 2.24) is 19.9 Å². The van der Waals surface area contributed by atoms with Gasteiger partial charge in [-0.1, -0.05) is 53.7 Å². The van der Waals surface area contributed by atoms with Crippen LogP contribution in [0.1, 0.15) is 32.9 Å². The first-order valence-electron chi connectivity index (χ1n) is 11.9. The Morgan fingerprint density at radius 3 is 2.26 bits per heavy atom. The van der Waals surface area contributed by atoms with Gasteiger partial charge in [0.05, 0.1) is 12.3 Å². The Balaban J connectivity index is 1.35. The summed E-state index contributed by atoms with van der Waals surface area (Å²) in [5, 5.41) is 3.94. The van der Waals surface area contributed by atoms with Crippen molar-refractivity contribution in [3.8, 4) is 0 Å². The minimum absolute atomic E-state index is 0.00248. The lowest BCUT2D eigenvalue weighted by Gasteiger charge is -2.35. The highest BCUT2D eigenvalue weighted by atomic mass is 16.5. The molecule has 184 valence electrons. The van der Waals surface area contributed by atoms with E-state index in [1.165, 1.54) is 10.5 Å². The van der Waals surface area contributed by atoms with Crippen molar-refractivity contribution in [3.05, 3.63) is 88.8 Å². The van der Waals surface area contributed by atoms with Gasteiger partial charge in [-0.2, -0.15) is 0 Å². The Morgan fingerprint density at radius 2 is 1.63 bits per heavy atom. The van der Waals surface area contributed by atoms with Crippen LogP contribution >= 0.6 is 0 Å². The van der Waals surface area contributed by atoms with Gasteiger partial charge in [0.15, 0.2) is 0 Å². The van der Waals surface area contributed by atoms with E-state index in [-0.39, 0.29) is 31.7 Å². The lowest BCUT2D eigenvalue weighted by Crippen LogP contribution is -2.51. The van der Waals surface area contributed by atoms with Gasteiger partial charge in [0.2, 0.25) is 5.91 Å². The molecule has 0 saturated carbocycles. The molecule has 1 aromatic heterocycles. The zero-order chi connectivity index (χ0) is 24.6. The molecule has 4 rings (SSSR count). The number of ether oxygens (including phenoxy) is 1. The molecule has 3 aromatic rings. The van der Waals surface area contributed by atoms with Crippen LogP contribution in [0.15, 0.2) is 65.2 Å². The molecule has 0 atom stereocenters. The second-order valence-electron chi connectivity index (χ2n) is 8.79. The van der Waals surface area contributed by atoms with Crippen LogP contribution < -0.4 is 0 Å². The van der Waals surface area contributed by atoms with E-state index in [2.05, 4.69) is 22.2 Å². The van der Waals surface area contributed by atoms with E-state index in [1.54, 1.807) is 12.1 Å². The highest BCUT2D eigenvalue weighted by molar-refractivity contribution is 5.96. The standard InChI is InChI=1S/C27H32N4O4/c1-21-25(22(2)35-28-21)19-34-20-31(27(33)24-11-7-4-8-12-24)18-26(32)30-15-13-29(14-16-30)17-23-9-5-3-6-10-23/h3-12H,13-20H2,1-2H3. The molecule has 1 saturated heterocycles. The summed E-state index contributed by atoms with van der Waals surface area (Å²) in [6, 6.07) is 19.3. The number of rotatable bonds is 9. The molecule has 2 amide bonds. The molecule has 0 unspecified atom stereocenters. The lowest BCUT2D eigenvalue weighted by atomic mass is 10.2. The van der Waals surface area contributed by atoms with E-state index in [1.807, 2.05) is 55.1 Å². The van der Waals surface area contributed by atoms with Crippen LogP contribution in [0.2, 0.25) is 0 Å². The van der Waals surface area contributed by atoms with Crippen LogP contribution in [0.25, 0.3) is 0 Å². The first-order valence-corrected chi connectivity index (χ1v) is 11.9. The molecule has 35 heavy (non-hydrogen) atoms. The number of benzene rings is 2. The highest BCUT2D eigenvalue weighted by Crippen LogP contribution is 2.15. The number of hydrogen-bond acceptors (Lipinski definition) is 6. The Bertz CT molecular complexity index is 1090. The van der Waals surface area contributed by atoms with E-state index in [0.717, 1.165) is 30.9 Å². The maximum absolute atomic E-state index is 13.2. The van der Waals surface area contributed by atoms with Gasteiger partial charge in [-0.05, 0) is 31.5 Å². The molecule has 0 bridgehead atoms. The molecule has 1 fully saturated rings. The van der Waals surface area contributed by atoms with E-state index in [0.29, 0.717) is 24.4 Å². The molecule has 8 heteroatoms. The van der Waals surface area contributed by atoms with E-state index < -0.39 is 0 Å². The number of carbonyl (C=O) groups is 2. The first kappa shape index (κ1) is 24.6. The number of amides is 2. The number of aromatic nitrogens is 1. The van der Waals surface area contributed by atoms with Crippen LogP contribution in [0.4, 0.5) is 0 Å². The van der Waals surface area contributed by atoms with Crippen LogP contribution in [-0.2, 0) is 22.7 Å². The third kappa shape index (κ3) is 6.55. The molecule has 1 aliphatic rings. The minimum Gasteiger partial charge on any atom is -0.361 e.